The van der Waals surface area contributed by atoms with Gasteiger partial charge in [0.15, 0.2) is 0 Å². The molecule has 1 atom stereocenters. The van der Waals surface area contributed by atoms with Crippen molar-refractivity contribution in [2.75, 3.05) is 13.1 Å². The van der Waals surface area contributed by atoms with Crippen molar-refractivity contribution < 1.29 is 0 Å². The molecule has 4 rings (SSSR count). The minimum Gasteiger partial charge on any atom is -0.371 e. The molecule has 3 heterocycles. The molecule has 19 heavy (non-hydrogen) atoms. The summed E-state index contributed by atoms with van der Waals surface area (Å²) in [5, 5.41) is 1.43. The molecule has 0 bridgehead atoms. The molecule has 2 aromatic rings. The number of aromatic nitrogens is 1. The summed E-state index contributed by atoms with van der Waals surface area (Å²) in [6, 6.07) is 2.15. The number of allylic oxidation sites excluding steroid dienone is 1. The Hall–Kier alpha value is -1.61. The molecule has 96 valence electrons. The van der Waals surface area contributed by atoms with Crippen LogP contribution in [-0.2, 0) is 0 Å². The normalized spacial score (nSPS) is 20.6. The number of hydrogen-bond acceptors (Lipinski definition) is 3. The predicted octanol–water partition coefficient (Wildman–Crippen LogP) is 4.16. The zero-order chi connectivity index (χ0) is 13.0. The van der Waals surface area contributed by atoms with E-state index in [-0.39, 0.29) is 0 Å². The monoisotopic (exact) mass is 268 g/mol. The highest BCUT2D eigenvalue weighted by molar-refractivity contribution is 7.20. The Morgan fingerprint density at radius 3 is 3.16 bits per heavy atom. The number of pyridine rings is 1. The Kier molecular flexibility index (Phi) is 2.33. The minimum absolute atomic E-state index is 0.636. The summed E-state index contributed by atoms with van der Waals surface area (Å²) < 4.78 is 0. The van der Waals surface area contributed by atoms with Crippen LogP contribution in [0, 0.1) is 0 Å². The SMILES string of the molecule is C=CC(=C)N1CCCC(c2sc3nccc4c3c2-4)C1. The second-order valence-corrected chi connectivity index (χ2v) is 6.39. The topological polar surface area (TPSA) is 16.1 Å². The van der Waals surface area contributed by atoms with E-state index in [1.165, 1.54) is 34.2 Å². The Bertz CT molecular complexity index is 698. The molecule has 2 aromatic heterocycles. The lowest BCUT2D eigenvalue weighted by molar-refractivity contribution is 0.268. The highest BCUT2D eigenvalue weighted by atomic mass is 32.1. The van der Waals surface area contributed by atoms with E-state index in [0.717, 1.165) is 18.8 Å². The summed E-state index contributed by atoms with van der Waals surface area (Å²) in [5.41, 5.74) is 4.01. The van der Waals surface area contributed by atoms with Gasteiger partial charge in [-0.2, -0.15) is 0 Å². The van der Waals surface area contributed by atoms with E-state index in [1.807, 2.05) is 23.6 Å². The molecule has 1 saturated heterocycles. The van der Waals surface area contributed by atoms with Crippen LogP contribution in [0.5, 0.6) is 0 Å². The lowest BCUT2D eigenvalue weighted by Crippen LogP contribution is -2.32. The lowest BCUT2D eigenvalue weighted by atomic mass is 9.95. The van der Waals surface area contributed by atoms with E-state index >= 15 is 0 Å². The van der Waals surface area contributed by atoms with Gasteiger partial charge in [-0.05, 0) is 30.5 Å². The van der Waals surface area contributed by atoms with Crippen LogP contribution in [0.1, 0.15) is 23.6 Å². The van der Waals surface area contributed by atoms with E-state index in [0.29, 0.717) is 5.92 Å². The van der Waals surface area contributed by atoms with E-state index in [2.05, 4.69) is 29.1 Å². The first-order chi connectivity index (χ1) is 9.29. The third-order valence-electron chi connectivity index (χ3n) is 4.26. The maximum atomic E-state index is 4.48. The van der Waals surface area contributed by atoms with Crippen LogP contribution in [0.4, 0.5) is 0 Å². The van der Waals surface area contributed by atoms with Gasteiger partial charge >= 0.3 is 0 Å². The van der Waals surface area contributed by atoms with Crippen LogP contribution in [0.3, 0.4) is 0 Å². The highest BCUT2D eigenvalue weighted by Gasteiger charge is 2.34. The second-order valence-electron chi connectivity index (χ2n) is 5.36. The summed E-state index contributed by atoms with van der Waals surface area (Å²) in [7, 11) is 0. The number of hydrogen-bond donors (Lipinski definition) is 0. The average Bonchev–Trinajstić information content (AvgIpc) is 3.04. The van der Waals surface area contributed by atoms with Crippen molar-refractivity contribution in [3.8, 4) is 11.1 Å². The Balaban J connectivity index is 1.64. The maximum Gasteiger partial charge on any atom is 0.124 e. The van der Waals surface area contributed by atoms with Crippen LogP contribution in [-0.4, -0.2) is 23.0 Å². The molecule has 0 aromatic carbocycles. The molecule has 0 spiro atoms. The van der Waals surface area contributed by atoms with Crippen molar-refractivity contribution in [1.29, 1.82) is 0 Å². The molecule has 3 heteroatoms. The molecule has 0 saturated carbocycles. The zero-order valence-electron chi connectivity index (χ0n) is 10.9. The second kappa shape index (κ2) is 3.94. The standard InChI is InChI=1S/C16H16N2S/c1-3-10(2)18-8-4-5-11(9-18)15-13-12-6-7-17-16(19-15)14(12)13/h3,6-7,11H,1-2,4-5,8-9H2. The van der Waals surface area contributed by atoms with Crippen LogP contribution in [0.2, 0.25) is 0 Å². The van der Waals surface area contributed by atoms with Crippen molar-refractivity contribution in [3.05, 3.63) is 42.1 Å². The highest BCUT2D eigenvalue weighted by Crippen LogP contribution is 2.56. The number of rotatable bonds is 3. The van der Waals surface area contributed by atoms with E-state index in [4.69, 9.17) is 0 Å². The molecule has 1 aliphatic heterocycles. The van der Waals surface area contributed by atoms with Crippen molar-refractivity contribution in [3.63, 3.8) is 0 Å². The first-order valence-corrected chi connectivity index (χ1v) is 7.59. The average molecular weight is 268 g/mol. The Morgan fingerprint density at radius 1 is 1.53 bits per heavy atom. The van der Waals surface area contributed by atoms with Crippen molar-refractivity contribution >= 4 is 21.6 Å². The van der Waals surface area contributed by atoms with Gasteiger partial charge in [-0.15, -0.1) is 11.3 Å². The maximum absolute atomic E-state index is 4.48. The Labute approximate surface area is 117 Å². The zero-order valence-corrected chi connectivity index (χ0v) is 11.7. The molecule has 0 N–H and O–H groups in total. The van der Waals surface area contributed by atoms with Gasteiger partial charge < -0.3 is 4.90 Å². The molecule has 1 aliphatic carbocycles. The van der Waals surface area contributed by atoms with Gasteiger partial charge in [-0.3, -0.25) is 0 Å². The smallest absolute Gasteiger partial charge is 0.124 e. The molecular weight excluding hydrogens is 252 g/mol. The Morgan fingerprint density at radius 2 is 2.42 bits per heavy atom. The predicted molar refractivity (Wildman–Crippen MR) is 81.5 cm³/mol. The fourth-order valence-electron chi connectivity index (χ4n) is 3.19. The van der Waals surface area contributed by atoms with Gasteiger partial charge in [0, 0.05) is 46.7 Å². The molecule has 2 aliphatic rings. The summed E-state index contributed by atoms with van der Waals surface area (Å²) in [5.74, 6) is 0.636. The van der Waals surface area contributed by atoms with Crippen LogP contribution >= 0.6 is 11.3 Å². The third kappa shape index (κ3) is 1.58. The number of thiophene rings is 1. The quantitative estimate of drug-likeness (QED) is 0.663. The molecule has 0 amide bonds. The van der Waals surface area contributed by atoms with Gasteiger partial charge in [0.1, 0.15) is 4.83 Å². The summed E-state index contributed by atoms with van der Waals surface area (Å²) in [6.45, 7) is 10.1. The molecule has 1 fully saturated rings. The number of fused-ring (bicyclic) bond motifs is 1. The van der Waals surface area contributed by atoms with Crippen LogP contribution in [0.25, 0.3) is 21.3 Å². The largest absolute Gasteiger partial charge is 0.371 e. The van der Waals surface area contributed by atoms with Crippen molar-refractivity contribution in [2.45, 2.75) is 18.8 Å². The number of piperidine rings is 1. The number of likely N-dealkylation sites (tertiary alicyclic amines) is 1. The first kappa shape index (κ1) is 11.2. The fourth-order valence-corrected chi connectivity index (χ4v) is 4.50. The van der Waals surface area contributed by atoms with Gasteiger partial charge in [-0.1, -0.05) is 13.2 Å². The molecule has 2 nitrogen and oxygen atoms in total. The van der Waals surface area contributed by atoms with Crippen molar-refractivity contribution in [1.82, 2.24) is 9.88 Å². The van der Waals surface area contributed by atoms with E-state index < -0.39 is 0 Å². The fraction of sp³-hybridized carbons (Fsp3) is 0.312. The summed E-state index contributed by atoms with van der Waals surface area (Å²) >= 11 is 1.89. The van der Waals surface area contributed by atoms with Gasteiger partial charge in [0.2, 0.25) is 0 Å². The number of nitrogens with zero attached hydrogens (tertiary/aromatic N) is 2. The first-order valence-electron chi connectivity index (χ1n) is 6.77. The summed E-state index contributed by atoms with van der Waals surface area (Å²) in [6.07, 6.45) is 6.32. The van der Waals surface area contributed by atoms with Gasteiger partial charge in [-0.25, -0.2) is 4.98 Å². The van der Waals surface area contributed by atoms with Gasteiger partial charge in [0.25, 0.3) is 0 Å². The molecule has 1 unspecified atom stereocenters. The van der Waals surface area contributed by atoms with Crippen LogP contribution < -0.4 is 0 Å². The van der Waals surface area contributed by atoms with E-state index in [1.54, 1.807) is 4.88 Å². The molecular formula is C16H16N2S. The minimum atomic E-state index is 0.636. The summed E-state index contributed by atoms with van der Waals surface area (Å²) in [4.78, 5) is 9.62. The third-order valence-corrected chi connectivity index (χ3v) is 5.52. The van der Waals surface area contributed by atoms with Gasteiger partial charge in [0.05, 0.1) is 0 Å². The van der Waals surface area contributed by atoms with Crippen molar-refractivity contribution in [2.24, 2.45) is 0 Å². The van der Waals surface area contributed by atoms with E-state index in [9.17, 15) is 0 Å². The molecule has 0 radical (unpaired) electrons. The lowest BCUT2D eigenvalue weighted by Gasteiger charge is -2.34. The van der Waals surface area contributed by atoms with Crippen LogP contribution in [0.15, 0.2) is 37.2 Å².